The molecule has 2 aromatic carbocycles. The second-order valence-corrected chi connectivity index (χ2v) is 9.44. The molecule has 2 aromatic rings. The molecule has 3 rings (SSSR count). The van der Waals surface area contributed by atoms with Gasteiger partial charge in [0.1, 0.15) is 0 Å². The van der Waals surface area contributed by atoms with Crippen molar-refractivity contribution in [3.63, 3.8) is 0 Å². The molecule has 3 N–H and O–H groups in total. The highest BCUT2D eigenvalue weighted by Gasteiger charge is 2.29. The van der Waals surface area contributed by atoms with E-state index in [1.807, 2.05) is 6.92 Å². The minimum Gasteiger partial charge on any atom is -0.349 e. The van der Waals surface area contributed by atoms with E-state index in [0.29, 0.717) is 30.1 Å². The second kappa shape index (κ2) is 9.16. The van der Waals surface area contributed by atoms with E-state index in [1.165, 1.54) is 12.1 Å². The van der Waals surface area contributed by atoms with Gasteiger partial charge in [-0.2, -0.15) is 0 Å². The number of nitrogens with one attached hydrogen (secondary N) is 1. The van der Waals surface area contributed by atoms with Gasteiger partial charge in [0, 0.05) is 23.7 Å². The van der Waals surface area contributed by atoms with Gasteiger partial charge in [0.05, 0.1) is 16.9 Å². The third-order valence-corrected chi connectivity index (χ3v) is 6.42. The molecule has 9 heteroatoms. The van der Waals surface area contributed by atoms with Crippen molar-refractivity contribution in [3.8, 4) is 0 Å². The van der Waals surface area contributed by atoms with Gasteiger partial charge < -0.3 is 10.2 Å². The molecule has 0 bridgehead atoms. The molecule has 0 spiro atoms. The monoisotopic (exact) mass is 449 g/mol. The summed E-state index contributed by atoms with van der Waals surface area (Å²) < 4.78 is 22.7. The fourth-order valence-electron chi connectivity index (χ4n) is 3.51. The van der Waals surface area contributed by atoms with Crippen LogP contribution in [0, 0.1) is 5.92 Å². The van der Waals surface area contributed by atoms with E-state index in [2.05, 4.69) is 5.32 Å². The van der Waals surface area contributed by atoms with Crippen LogP contribution >= 0.6 is 11.6 Å². The van der Waals surface area contributed by atoms with Crippen LogP contribution in [0.4, 0.5) is 0 Å². The Morgan fingerprint density at radius 3 is 2.37 bits per heavy atom. The maximum absolute atomic E-state index is 12.8. The highest BCUT2D eigenvalue weighted by molar-refractivity contribution is 7.89. The number of nitrogens with two attached hydrogens (primary N) is 1. The summed E-state index contributed by atoms with van der Waals surface area (Å²) in [6.45, 7) is 2.78. The lowest BCUT2D eigenvalue weighted by molar-refractivity contribution is -0.127. The van der Waals surface area contributed by atoms with E-state index in [4.69, 9.17) is 16.7 Å². The number of benzene rings is 2. The van der Waals surface area contributed by atoms with Gasteiger partial charge >= 0.3 is 0 Å². The zero-order chi connectivity index (χ0) is 21.9. The molecule has 0 aliphatic carbocycles. The van der Waals surface area contributed by atoms with Crippen molar-refractivity contribution in [1.82, 2.24) is 10.2 Å². The van der Waals surface area contributed by atoms with E-state index in [-0.39, 0.29) is 28.7 Å². The zero-order valence-electron chi connectivity index (χ0n) is 16.5. The Morgan fingerprint density at radius 2 is 1.77 bits per heavy atom. The van der Waals surface area contributed by atoms with Crippen LogP contribution in [0.2, 0.25) is 5.02 Å². The lowest BCUT2D eigenvalue weighted by Gasteiger charge is -2.32. The molecule has 30 heavy (non-hydrogen) atoms. The smallest absolute Gasteiger partial charge is 0.253 e. The van der Waals surface area contributed by atoms with Crippen molar-refractivity contribution in [2.75, 3.05) is 13.1 Å². The number of halogens is 1. The average Bonchev–Trinajstić information content (AvgIpc) is 2.73. The highest BCUT2D eigenvalue weighted by atomic mass is 35.5. The van der Waals surface area contributed by atoms with Crippen molar-refractivity contribution in [2.45, 2.75) is 30.7 Å². The number of carbonyl (C=O) groups excluding carboxylic acids is 2. The molecule has 1 saturated heterocycles. The fraction of sp³-hybridized carbons (Fsp3) is 0.333. The van der Waals surface area contributed by atoms with Gasteiger partial charge in [-0.1, -0.05) is 23.7 Å². The molecule has 1 aliphatic rings. The van der Waals surface area contributed by atoms with Gasteiger partial charge in [-0.25, -0.2) is 13.6 Å². The molecule has 7 nitrogen and oxygen atoms in total. The predicted molar refractivity (Wildman–Crippen MR) is 114 cm³/mol. The standard InChI is InChI=1S/C21H24ClN3O4S/c1-14(15-6-10-19(11-7-15)30(23,28)29)24-20(26)17-3-2-12-25(13-17)21(27)16-4-8-18(22)9-5-16/h4-11,14,17H,2-3,12-13H2,1H3,(H,24,26)(H2,23,28,29)/t14-,17+/m0/s1. The summed E-state index contributed by atoms with van der Waals surface area (Å²) in [6.07, 6.45) is 1.45. The molecule has 0 aromatic heterocycles. The van der Waals surface area contributed by atoms with Crippen LogP contribution in [-0.4, -0.2) is 38.2 Å². The number of likely N-dealkylation sites (tertiary alicyclic amines) is 1. The molecule has 2 atom stereocenters. The molecule has 1 heterocycles. The van der Waals surface area contributed by atoms with Gasteiger partial charge in [-0.05, 0) is 61.7 Å². The van der Waals surface area contributed by atoms with Crippen molar-refractivity contribution in [3.05, 3.63) is 64.7 Å². The first kappa shape index (κ1) is 22.3. The highest BCUT2D eigenvalue weighted by Crippen LogP contribution is 2.22. The maximum atomic E-state index is 12.8. The summed E-state index contributed by atoms with van der Waals surface area (Å²) in [5.74, 6) is -0.552. The second-order valence-electron chi connectivity index (χ2n) is 7.44. The average molecular weight is 450 g/mol. The number of primary sulfonamides is 1. The number of amides is 2. The summed E-state index contributed by atoms with van der Waals surface area (Å²) in [7, 11) is -3.76. The minimum absolute atomic E-state index is 0.0217. The van der Waals surface area contributed by atoms with Crippen LogP contribution in [0.25, 0.3) is 0 Å². The van der Waals surface area contributed by atoms with Gasteiger partial charge in [0.15, 0.2) is 0 Å². The summed E-state index contributed by atoms with van der Waals surface area (Å²) in [5, 5.41) is 8.63. The first-order valence-electron chi connectivity index (χ1n) is 9.63. The third kappa shape index (κ3) is 5.38. The molecule has 2 amide bonds. The Kier molecular flexibility index (Phi) is 6.80. The van der Waals surface area contributed by atoms with Gasteiger partial charge in [0.25, 0.3) is 5.91 Å². The SMILES string of the molecule is C[C@H](NC(=O)[C@@H]1CCCN(C(=O)c2ccc(Cl)cc2)C1)c1ccc(S(N)(=O)=O)cc1. The largest absolute Gasteiger partial charge is 0.349 e. The van der Waals surface area contributed by atoms with Crippen LogP contribution in [-0.2, 0) is 14.8 Å². The van der Waals surface area contributed by atoms with Gasteiger partial charge in [0.2, 0.25) is 15.9 Å². The number of hydrogen-bond acceptors (Lipinski definition) is 4. The molecule has 160 valence electrons. The zero-order valence-corrected chi connectivity index (χ0v) is 18.1. The lowest BCUT2D eigenvalue weighted by Crippen LogP contribution is -2.45. The van der Waals surface area contributed by atoms with Crippen LogP contribution in [0.5, 0.6) is 0 Å². The summed E-state index contributed by atoms with van der Waals surface area (Å²) >= 11 is 5.88. The van der Waals surface area contributed by atoms with E-state index < -0.39 is 10.0 Å². The van der Waals surface area contributed by atoms with Gasteiger partial charge in [-0.15, -0.1) is 0 Å². The Bertz CT molecular complexity index is 1020. The number of rotatable bonds is 5. The van der Waals surface area contributed by atoms with E-state index in [0.717, 1.165) is 12.0 Å². The summed E-state index contributed by atoms with van der Waals surface area (Å²) in [4.78, 5) is 27.2. The van der Waals surface area contributed by atoms with Crippen molar-refractivity contribution in [1.29, 1.82) is 0 Å². The quantitative estimate of drug-likeness (QED) is 0.731. The molecule has 1 aliphatic heterocycles. The minimum atomic E-state index is -3.76. The number of piperidine rings is 1. The first-order valence-corrected chi connectivity index (χ1v) is 11.6. The van der Waals surface area contributed by atoms with E-state index in [1.54, 1.807) is 41.3 Å². The fourth-order valence-corrected chi connectivity index (χ4v) is 4.15. The molecule has 0 unspecified atom stereocenters. The van der Waals surface area contributed by atoms with Crippen LogP contribution in [0.15, 0.2) is 53.4 Å². The lowest BCUT2D eigenvalue weighted by atomic mass is 9.95. The Morgan fingerprint density at radius 1 is 1.13 bits per heavy atom. The van der Waals surface area contributed by atoms with Crippen molar-refractivity contribution >= 4 is 33.4 Å². The molecule has 0 saturated carbocycles. The molecule has 0 radical (unpaired) electrons. The van der Waals surface area contributed by atoms with Crippen LogP contribution in [0.1, 0.15) is 41.7 Å². The predicted octanol–water partition coefficient (Wildman–Crippen LogP) is 2.72. The van der Waals surface area contributed by atoms with E-state index in [9.17, 15) is 18.0 Å². The van der Waals surface area contributed by atoms with Crippen molar-refractivity contribution < 1.29 is 18.0 Å². The van der Waals surface area contributed by atoms with Gasteiger partial charge in [-0.3, -0.25) is 9.59 Å². The normalized spacial score (nSPS) is 18.0. The molecular weight excluding hydrogens is 426 g/mol. The Hall–Kier alpha value is -2.42. The van der Waals surface area contributed by atoms with E-state index >= 15 is 0 Å². The number of hydrogen-bond donors (Lipinski definition) is 2. The van der Waals surface area contributed by atoms with Crippen LogP contribution in [0.3, 0.4) is 0 Å². The van der Waals surface area contributed by atoms with Crippen LogP contribution < -0.4 is 10.5 Å². The summed E-state index contributed by atoms with van der Waals surface area (Å²) in [5.41, 5.74) is 1.31. The maximum Gasteiger partial charge on any atom is 0.253 e. The third-order valence-electron chi connectivity index (χ3n) is 5.24. The number of carbonyl (C=O) groups is 2. The first-order chi connectivity index (χ1) is 14.1. The number of sulfonamides is 1. The number of nitrogens with zero attached hydrogens (tertiary/aromatic N) is 1. The Labute approximate surface area is 181 Å². The molecular formula is C21H24ClN3O4S. The topological polar surface area (TPSA) is 110 Å². The molecule has 1 fully saturated rings. The summed E-state index contributed by atoms with van der Waals surface area (Å²) in [6, 6.07) is 12.5. The Balaban J connectivity index is 1.62. The van der Waals surface area contributed by atoms with Crippen molar-refractivity contribution in [2.24, 2.45) is 11.1 Å².